The molecule has 8 nitrogen and oxygen atoms in total. The number of ether oxygens (including phenoxy) is 1. The molecule has 0 aliphatic carbocycles. The van der Waals surface area contributed by atoms with Crippen LogP contribution in [-0.4, -0.2) is 42.1 Å². The van der Waals surface area contributed by atoms with E-state index in [2.05, 4.69) is 10.6 Å². The molecule has 3 N–H and O–H groups in total. The Kier molecular flexibility index (Phi) is 5.60. The van der Waals surface area contributed by atoms with Crippen LogP contribution >= 0.6 is 11.3 Å². The maximum atomic E-state index is 12.4. The van der Waals surface area contributed by atoms with Crippen LogP contribution in [0.3, 0.4) is 0 Å². The molecular formula is C16H18N2O6S. The van der Waals surface area contributed by atoms with Crippen LogP contribution < -0.4 is 10.6 Å². The zero-order valence-corrected chi connectivity index (χ0v) is 14.7. The second-order valence-corrected chi connectivity index (χ2v) is 6.63. The highest BCUT2D eigenvalue weighted by atomic mass is 32.1. The van der Waals surface area contributed by atoms with Crippen LogP contribution in [0.4, 0.5) is 5.00 Å². The van der Waals surface area contributed by atoms with Gasteiger partial charge in [-0.05, 0) is 37.6 Å². The first-order valence-electron chi connectivity index (χ1n) is 7.27. The second kappa shape index (κ2) is 7.49. The van der Waals surface area contributed by atoms with Crippen LogP contribution in [0, 0.1) is 6.92 Å². The summed E-state index contributed by atoms with van der Waals surface area (Å²) in [6, 6.07) is 4.75. The Balaban J connectivity index is 2.14. The second-order valence-electron chi connectivity index (χ2n) is 5.58. The molecule has 0 saturated heterocycles. The van der Waals surface area contributed by atoms with Crippen molar-refractivity contribution < 1.29 is 28.6 Å². The minimum Gasteiger partial charge on any atom is -0.479 e. The van der Waals surface area contributed by atoms with Crippen molar-refractivity contribution in [2.45, 2.75) is 19.4 Å². The summed E-state index contributed by atoms with van der Waals surface area (Å²) in [4.78, 5) is 36.1. The van der Waals surface area contributed by atoms with Gasteiger partial charge in [-0.15, -0.1) is 11.3 Å². The van der Waals surface area contributed by atoms with Crippen LogP contribution in [0.15, 0.2) is 28.9 Å². The van der Waals surface area contributed by atoms with Gasteiger partial charge in [0.1, 0.15) is 0 Å². The van der Waals surface area contributed by atoms with Crippen molar-refractivity contribution in [2.75, 3.05) is 19.0 Å². The molecule has 1 unspecified atom stereocenters. The van der Waals surface area contributed by atoms with Crippen molar-refractivity contribution in [1.29, 1.82) is 0 Å². The average molecular weight is 366 g/mol. The van der Waals surface area contributed by atoms with Crippen molar-refractivity contribution in [3.63, 3.8) is 0 Å². The van der Waals surface area contributed by atoms with Gasteiger partial charge in [-0.2, -0.15) is 0 Å². The highest BCUT2D eigenvalue weighted by Crippen LogP contribution is 2.27. The van der Waals surface area contributed by atoms with Crippen LogP contribution in [0.1, 0.15) is 32.7 Å². The van der Waals surface area contributed by atoms with Crippen molar-refractivity contribution >= 4 is 34.1 Å². The van der Waals surface area contributed by atoms with Crippen molar-refractivity contribution in [1.82, 2.24) is 5.32 Å². The third kappa shape index (κ3) is 4.25. The summed E-state index contributed by atoms with van der Waals surface area (Å²) >= 11 is 1.04. The Labute approximate surface area is 147 Å². The zero-order valence-electron chi connectivity index (χ0n) is 13.9. The lowest BCUT2D eigenvalue weighted by Gasteiger charge is -2.25. The Bertz CT molecular complexity index is 783. The van der Waals surface area contributed by atoms with E-state index in [1.165, 1.54) is 26.4 Å². The monoisotopic (exact) mass is 366 g/mol. The fraction of sp³-hybridized carbons (Fsp3) is 0.312. The summed E-state index contributed by atoms with van der Waals surface area (Å²) in [7, 11) is 1.35. The molecule has 25 heavy (non-hydrogen) atoms. The van der Waals surface area contributed by atoms with E-state index in [4.69, 9.17) is 9.15 Å². The van der Waals surface area contributed by atoms with Gasteiger partial charge < -0.3 is 24.9 Å². The maximum Gasteiger partial charge on any atom is 0.331 e. The molecule has 0 aliphatic rings. The van der Waals surface area contributed by atoms with Gasteiger partial charge in [0.2, 0.25) is 0 Å². The minimum absolute atomic E-state index is 0.149. The van der Waals surface area contributed by atoms with E-state index in [0.29, 0.717) is 15.4 Å². The highest BCUT2D eigenvalue weighted by molar-refractivity contribution is 7.18. The molecule has 2 rings (SSSR count). The molecule has 0 aromatic carbocycles. The zero-order chi connectivity index (χ0) is 18.6. The topological polar surface area (TPSA) is 118 Å². The average Bonchev–Trinajstić information content (AvgIpc) is 3.17. The number of amides is 2. The molecule has 0 aliphatic heterocycles. The van der Waals surface area contributed by atoms with Gasteiger partial charge in [0.05, 0.1) is 22.7 Å². The standard InChI is InChI=1S/C16H18N2O6S/c1-9-7-11(17-13(19)10-5-4-6-24-10)25-12(9)14(20)18-16(2,8-23-3)15(21)22/h4-7H,8H2,1-3H3,(H,17,19)(H,18,20)(H,21,22). The van der Waals surface area contributed by atoms with Crippen LogP contribution in [-0.2, 0) is 9.53 Å². The van der Waals surface area contributed by atoms with E-state index in [0.717, 1.165) is 11.3 Å². The van der Waals surface area contributed by atoms with Crippen LogP contribution in [0.2, 0.25) is 0 Å². The number of carboxylic acid groups (broad SMARTS) is 1. The summed E-state index contributed by atoms with van der Waals surface area (Å²) in [5.41, 5.74) is -0.942. The van der Waals surface area contributed by atoms with Gasteiger partial charge in [-0.1, -0.05) is 0 Å². The third-order valence-corrected chi connectivity index (χ3v) is 4.55. The van der Waals surface area contributed by atoms with Crippen molar-refractivity contribution in [3.8, 4) is 0 Å². The summed E-state index contributed by atoms with van der Waals surface area (Å²) in [6.07, 6.45) is 1.38. The number of carboxylic acids is 1. The first-order chi connectivity index (χ1) is 11.8. The molecule has 2 amide bonds. The van der Waals surface area contributed by atoms with E-state index >= 15 is 0 Å². The number of carbonyl (C=O) groups is 3. The van der Waals surface area contributed by atoms with Gasteiger partial charge in [-0.3, -0.25) is 9.59 Å². The van der Waals surface area contributed by atoms with E-state index < -0.39 is 23.3 Å². The quantitative estimate of drug-likeness (QED) is 0.691. The number of aliphatic carboxylic acids is 1. The number of nitrogens with one attached hydrogen (secondary N) is 2. The number of carbonyl (C=O) groups excluding carboxylic acids is 2. The number of aryl methyl sites for hydroxylation is 1. The predicted molar refractivity (Wildman–Crippen MR) is 91.1 cm³/mol. The number of rotatable bonds is 7. The van der Waals surface area contributed by atoms with Gasteiger partial charge in [0.15, 0.2) is 11.3 Å². The summed E-state index contributed by atoms with van der Waals surface area (Å²) in [5, 5.41) is 14.8. The summed E-state index contributed by atoms with van der Waals surface area (Å²) < 4.78 is 9.88. The van der Waals surface area contributed by atoms with Crippen molar-refractivity contribution in [3.05, 3.63) is 40.7 Å². The fourth-order valence-electron chi connectivity index (χ4n) is 2.10. The molecule has 2 aromatic heterocycles. The molecule has 2 heterocycles. The number of furan rings is 1. The number of anilines is 1. The first kappa shape index (κ1) is 18.7. The normalized spacial score (nSPS) is 13.1. The molecular weight excluding hydrogens is 348 g/mol. The summed E-state index contributed by atoms with van der Waals surface area (Å²) in [6.45, 7) is 2.88. The molecule has 1 atom stereocenters. The van der Waals surface area contributed by atoms with E-state index in [1.807, 2.05) is 0 Å². The molecule has 2 aromatic rings. The van der Waals surface area contributed by atoms with Crippen LogP contribution in [0.25, 0.3) is 0 Å². The Morgan fingerprint density at radius 1 is 1.36 bits per heavy atom. The number of hydrogen-bond acceptors (Lipinski definition) is 6. The molecule has 0 bridgehead atoms. The van der Waals surface area contributed by atoms with Gasteiger partial charge >= 0.3 is 5.97 Å². The lowest BCUT2D eigenvalue weighted by Crippen LogP contribution is -2.55. The number of thiophene rings is 1. The molecule has 9 heteroatoms. The SMILES string of the molecule is COCC(C)(NC(=O)c1sc(NC(=O)c2ccco2)cc1C)C(=O)O. The Morgan fingerprint density at radius 3 is 2.64 bits per heavy atom. The highest BCUT2D eigenvalue weighted by Gasteiger charge is 2.36. The number of methoxy groups -OCH3 is 1. The van der Waals surface area contributed by atoms with Crippen LogP contribution in [0.5, 0.6) is 0 Å². The summed E-state index contributed by atoms with van der Waals surface area (Å²) in [5.74, 6) is -2.05. The van der Waals surface area contributed by atoms with Gasteiger partial charge in [0, 0.05) is 7.11 Å². The molecule has 0 spiro atoms. The fourth-order valence-corrected chi connectivity index (χ4v) is 3.06. The third-order valence-electron chi connectivity index (χ3n) is 3.40. The predicted octanol–water partition coefficient (Wildman–Crippen LogP) is 2.12. The van der Waals surface area contributed by atoms with Gasteiger partial charge in [0.25, 0.3) is 11.8 Å². The van der Waals surface area contributed by atoms with E-state index in [1.54, 1.807) is 19.1 Å². The lowest BCUT2D eigenvalue weighted by atomic mass is 10.0. The Hall–Kier alpha value is -2.65. The minimum atomic E-state index is -1.56. The number of hydrogen-bond donors (Lipinski definition) is 3. The lowest BCUT2D eigenvalue weighted by molar-refractivity contribution is -0.145. The largest absolute Gasteiger partial charge is 0.479 e. The molecule has 134 valence electrons. The van der Waals surface area contributed by atoms with Crippen molar-refractivity contribution in [2.24, 2.45) is 0 Å². The van der Waals surface area contributed by atoms with E-state index in [9.17, 15) is 19.5 Å². The molecule has 0 saturated carbocycles. The Morgan fingerprint density at radius 2 is 2.08 bits per heavy atom. The van der Waals surface area contributed by atoms with Gasteiger partial charge in [-0.25, -0.2) is 4.79 Å². The smallest absolute Gasteiger partial charge is 0.331 e. The first-order valence-corrected chi connectivity index (χ1v) is 8.08. The maximum absolute atomic E-state index is 12.4. The molecule has 0 radical (unpaired) electrons. The molecule has 0 fully saturated rings. The van der Waals surface area contributed by atoms with E-state index in [-0.39, 0.29) is 12.4 Å².